The predicted molar refractivity (Wildman–Crippen MR) is 151 cm³/mol. The van der Waals surface area contributed by atoms with Gasteiger partial charge < -0.3 is 21.1 Å². The summed E-state index contributed by atoms with van der Waals surface area (Å²) in [5.74, 6) is 0.742. The molecule has 9 nitrogen and oxygen atoms in total. The predicted octanol–water partition coefficient (Wildman–Crippen LogP) is 4.68. The van der Waals surface area contributed by atoms with Crippen molar-refractivity contribution in [2.75, 3.05) is 17.7 Å². The van der Waals surface area contributed by atoms with E-state index >= 15 is 0 Å². The second-order valence-electron chi connectivity index (χ2n) is 8.68. The van der Waals surface area contributed by atoms with Crippen molar-refractivity contribution in [2.45, 2.75) is 19.1 Å². The Morgan fingerprint density at radius 3 is 2.89 bits per heavy atom. The number of nitrogens with zero attached hydrogens (tertiary/aromatic N) is 3. The summed E-state index contributed by atoms with van der Waals surface area (Å²) < 4.78 is 8.30. The molecule has 0 saturated heterocycles. The van der Waals surface area contributed by atoms with Crippen LogP contribution in [0.2, 0.25) is 5.02 Å². The van der Waals surface area contributed by atoms with Gasteiger partial charge in [0, 0.05) is 26.2 Å². The Kier molecular flexibility index (Phi) is 6.48. The van der Waals surface area contributed by atoms with Crippen molar-refractivity contribution in [3.05, 3.63) is 85.9 Å². The van der Waals surface area contributed by atoms with Crippen molar-refractivity contribution in [1.29, 1.82) is 0 Å². The molecule has 1 aliphatic heterocycles. The number of anilines is 2. The van der Waals surface area contributed by atoms with E-state index < -0.39 is 0 Å². The molecule has 4 N–H and O–H groups in total. The maximum atomic E-state index is 13.7. The molecule has 192 valence electrons. The van der Waals surface area contributed by atoms with E-state index in [1.54, 1.807) is 18.3 Å². The van der Waals surface area contributed by atoms with Crippen LogP contribution in [0.3, 0.4) is 0 Å². The molecule has 1 aliphatic rings. The number of thiophene rings is 2. The number of nitrogens with two attached hydrogens (primary N) is 1. The summed E-state index contributed by atoms with van der Waals surface area (Å²) in [5, 5.41) is 9.65. The van der Waals surface area contributed by atoms with Crippen molar-refractivity contribution in [3.63, 3.8) is 0 Å². The third-order valence-corrected chi connectivity index (χ3v) is 8.31. The minimum Gasteiger partial charge on any atom is -0.473 e. The number of fused-ring (bicyclic) bond motifs is 2. The molecule has 4 aromatic heterocycles. The summed E-state index contributed by atoms with van der Waals surface area (Å²) in [5.41, 5.74) is 6.54. The van der Waals surface area contributed by atoms with Gasteiger partial charge in [0.15, 0.2) is 11.5 Å². The highest BCUT2D eigenvalue weighted by Gasteiger charge is 2.28. The van der Waals surface area contributed by atoms with Gasteiger partial charge in [0.1, 0.15) is 19.0 Å². The van der Waals surface area contributed by atoms with Gasteiger partial charge in [0.05, 0.1) is 17.5 Å². The molecule has 5 aromatic rings. The molecule has 0 radical (unpaired) electrons. The molecule has 0 unspecified atom stereocenters. The van der Waals surface area contributed by atoms with Crippen LogP contribution in [-0.4, -0.2) is 27.0 Å². The number of hydrogen-bond acceptors (Lipinski definition) is 9. The van der Waals surface area contributed by atoms with Crippen LogP contribution in [0.5, 0.6) is 5.88 Å². The number of ether oxygens (including phenoxy) is 1. The number of aromatic nitrogens is 3. The van der Waals surface area contributed by atoms with Crippen molar-refractivity contribution >= 4 is 61.8 Å². The Bertz CT molecular complexity index is 1700. The molecule has 0 aliphatic carbocycles. The average molecular weight is 565 g/mol. The average Bonchev–Trinajstić information content (AvgIpc) is 3.59. The first-order chi connectivity index (χ1) is 18.4. The highest BCUT2D eigenvalue weighted by atomic mass is 35.5. The van der Waals surface area contributed by atoms with Crippen molar-refractivity contribution < 1.29 is 9.53 Å². The van der Waals surface area contributed by atoms with Crippen LogP contribution in [0.25, 0.3) is 20.8 Å². The largest absolute Gasteiger partial charge is 0.473 e. The SMILES string of the molecule is Nc1cc2sc(CNC(=O)Cn3c(-c4cccs4)nc4c(c3=O)N[C@H](c3ccc(Cl)cc3)CO4)cc2cn1. The van der Waals surface area contributed by atoms with Gasteiger partial charge in [-0.25, -0.2) is 4.98 Å². The molecule has 0 spiro atoms. The van der Waals surface area contributed by atoms with E-state index in [4.69, 9.17) is 22.1 Å². The van der Waals surface area contributed by atoms with Gasteiger partial charge in [-0.05, 0) is 41.3 Å². The van der Waals surface area contributed by atoms with E-state index in [2.05, 4.69) is 20.6 Å². The van der Waals surface area contributed by atoms with Crippen LogP contribution in [0.4, 0.5) is 11.5 Å². The van der Waals surface area contributed by atoms with Gasteiger partial charge in [-0.3, -0.25) is 14.2 Å². The molecular formula is C26H21ClN6O3S2. The van der Waals surface area contributed by atoms with Gasteiger partial charge in [-0.15, -0.1) is 22.7 Å². The minimum absolute atomic E-state index is 0.195. The first-order valence-corrected chi connectivity index (χ1v) is 13.8. The van der Waals surface area contributed by atoms with Crippen LogP contribution in [0, 0.1) is 0 Å². The topological polar surface area (TPSA) is 124 Å². The van der Waals surface area contributed by atoms with Gasteiger partial charge in [0.25, 0.3) is 5.56 Å². The minimum atomic E-state index is -0.379. The molecule has 6 rings (SSSR count). The van der Waals surface area contributed by atoms with Gasteiger partial charge in [-0.1, -0.05) is 29.8 Å². The maximum absolute atomic E-state index is 13.7. The fourth-order valence-corrected chi connectivity index (χ4v) is 6.10. The third-order valence-electron chi connectivity index (χ3n) is 6.09. The number of nitrogen functional groups attached to an aromatic ring is 1. The van der Waals surface area contributed by atoms with Crippen LogP contribution in [0.15, 0.2) is 64.9 Å². The number of pyridine rings is 1. The smallest absolute Gasteiger partial charge is 0.281 e. The summed E-state index contributed by atoms with van der Waals surface area (Å²) in [6.45, 7) is 0.421. The normalized spacial score (nSPS) is 14.5. The second kappa shape index (κ2) is 10.1. The lowest BCUT2D eigenvalue weighted by molar-refractivity contribution is -0.121. The summed E-state index contributed by atoms with van der Waals surface area (Å²) in [7, 11) is 0. The van der Waals surface area contributed by atoms with E-state index in [0.29, 0.717) is 29.8 Å². The fraction of sp³-hybridized carbons (Fsp3) is 0.154. The van der Waals surface area contributed by atoms with E-state index in [-0.39, 0.29) is 35.6 Å². The Hall–Kier alpha value is -3.93. The summed E-state index contributed by atoms with van der Waals surface area (Å²) >= 11 is 8.99. The molecule has 0 fully saturated rings. The summed E-state index contributed by atoms with van der Waals surface area (Å²) in [6.07, 6.45) is 1.71. The molecule has 0 saturated carbocycles. The summed E-state index contributed by atoms with van der Waals surface area (Å²) in [6, 6.07) is 14.6. The number of benzene rings is 1. The highest BCUT2D eigenvalue weighted by molar-refractivity contribution is 7.19. The number of amides is 1. The van der Waals surface area contributed by atoms with Crippen molar-refractivity contribution in [1.82, 2.24) is 19.9 Å². The van der Waals surface area contributed by atoms with E-state index in [1.165, 1.54) is 27.2 Å². The maximum Gasteiger partial charge on any atom is 0.281 e. The van der Waals surface area contributed by atoms with E-state index in [0.717, 1.165) is 25.4 Å². The van der Waals surface area contributed by atoms with Crippen LogP contribution < -0.4 is 26.7 Å². The zero-order valence-corrected chi connectivity index (χ0v) is 22.2. The van der Waals surface area contributed by atoms with Crippen LogP contribution >= 0.6 is 34.3 Å². The number of hydrogen-bond donors (Lipinski definition) is 3. The number of carbonyl (C=O) groups excluding carboxylic acids is 1. The quantitative estimate of drug-likeness (QED) is 0.273. The lowest BCUT2D eigenvalue weighted by Gasteiger charge is -2.27. The summed E-state index contributed by atoms with van der Waals surface area (Å²) in [4.78, 5) is 37.2. The van der Waals surface area contributed by atoms with E-state index in [9.17, 15) is 9.59 Å². The molecule has 38 heavy (non-hydrogen) atoms. The Morgan fingerprint density at radius 2 is 2.11 bits per heavy atom. The first-order valence-electron chi connectivity index (χ1n) is 11.7. The highest BCUT2D eigenvalue weighted by Crippen LogP contribution is 2.33. The fourth-order valence-electron chi connectivity index (χ4n) is 4.23. The van der Waals surface area contributed by atoms with Crippen molar-refractivity contribution in [3.8, 4) is 16.6 Å². The number of rotatable bonds is 6. The number of carbonyl (C=O) groups is 1. The zero-order chi connectivity index (χ0) is 26.2. The first kappa shape index (κ1) is 24.4. The number of halogens is 1. The molecule has 1 amide bonds. The standard InChI is InChI=1S/C26H21ClN6O3S2/c27-16-5-3-14(4-6-16)18-13-36-25-23(31-18)26(35)33(24(32-25)19-2-1-7-37-19)12-22(34)30-11-17-8-15-10-29-21(28)9-20(15)38-17/h1-10,18,31H,11-13H2,(H2,28,29)(H,30,34)/t18-/m0/s1. The number of nitrogens with one attached hydrogen (secondary N) is 2. The van der Waals surface area contributed by atoms with Gasteiger partial charge >= 0.3 is 0 Å². The lowest BCUT2D eigenvalue weighted by Crippen LogP contribution is -2.37. The monoisotopic (exact) mass is 564 g/mol. The Labute approximate surface area is 229 Å². The molecular weight excluding hydrogens is 544 g/mol. The van der Waals surface area contributed by atoms with Crippen LogP contribution in [0.1, 0.15) is 16.5 Å². The second-order valence-corrected chi connectivity index (χ2v) is 11.2. The molecule has 12 heteroatoms. The molecule has 1 aromatic carbocycles. The Balaban J connectivity index is 1.27. The molecule has 0 bridgehead atoms. The van der Waals surface area contributed by atoms with Gasteiger partial charge in [0.2, 0.25) is 11.8 Å². The van der Waals surface area contributed by atoms with Crippen LogP contribution in [-0.2, 0) is 17.9 Å². The zero-order valence-electron chi connectivity index (χ0n) is 19.8. The van der Waals surface area contributed by atoms with Crippen molar-refractivity contribution in [2.24, 2.45) is 0 Å². The molecule has 5 heterocycles. The third kappa shape index (κ3) is 4.83. The van der Waals surface area contributed by atoms with E-state index in [1.807, 2.05) is 41.8 Å². The Morgan fingerprint density at radius 1 is 1.26 bits per heavy atom. The van der Waals surface area contributed by atoms with Gasteiger partial charge in [-0.2, -0.15) is 4.98 Å². The lowest BCUT2D eigenvalue weighted by atomic mass is 10.1. The molecule has 1 atom stereocenters.